The van der Waals surface area contributed by atoms with E-state index in [4.69, 9.17) is 4.42 Å². The second kappa shape index (κ2) is 5.13. The summed E-state index contributed by atoms with van der Waals surface area (Å²) in [6.07, 6.45) is 3.62. The molecular weight excluding hydrogens is 252 g/mol. The number of rotatable bonds is 4. The van der Waals surface area contributed by atoms with Gasteiger partial charge in [-0.1, -0.05) is 11.6 Å². The number of nitrogens with zero attached hydrogens (tertiary/aromatic N) is 2. The smallest absolute Gasteiger partial charge is 0.134 e. The van der Waals surface area contributed by atoms with E-state index in [9.17, 15) is 5.11 Å². The van der Waals surface area contributed by atoms with Gasteiger partial charge in [0.05, 0.1) is 6.20 Å². The third-order valence-electron chi connectivity index (χ3n) is 3.46. The van der Waals surface area contributed by atoms with E-state index >= 15 is 0 Å². The molecule has 4 heteroatoms. The van der Waals surface area contributed by atoms with Crippen molar-refractivity contribution in [3.8, 4) is 0 Å². The number of aromatic nitrogens is 2. The Kier molecular flexibility index (Phi) is 3.32. The van der Waals surface area contributed by atoms with E-state index in [-0.39, 0.29) is 0 Å². The van der Waals surface area contributed by atoms with Gasteiger partial charge >= 0.3 is 0 Å². The van der Waals surface area contributed by atoms with Crippen LogP contribution in [0.15, 0.2) is 41.1 Å². The van der Waals surface area contributed by atoms with E-state index in [1.165, 1.54) is 5.56 Å². The van der Waals surface area contributed by atoms with Crippen LogP contribution in [-0.2, 0) is 13.0 Å². The van der Waals surface area contributed by atoms with Crippen LogP contribution in [0.3, 0.4) is 0 Å². The molecular formula is C16H18N2O2. The van der Waals surface area contributed by atoms with E-state index in [1.807, 2.05) is 42.9 Å². The molecule has 2 heterocycles. The fraction of sp³-hybridized carbons (Fsp3) is 0.312. The minimum Gasteiger partial charge on any atom is -0.458 e. The first-order chi connectivity index (χ1) is 9.65. The standard InChI is InChI=1S/C16H18N2O2/c1-3-18-10-12(9-17-18)7-14(19)16-8-13-6-11(2)4-5-15(13)20-16/h4-6,8-10,14,19H,3,7H2,1-2H3. The van der Waals surface area contributed by atoms with Gasteiger partial charge in [0.15, 0.2) is 0 Å². The average molecular weight is 270 g/mol. The van der Waals surface area contributed by atoms with Crippen LogP contribution in [0.4, 0.5) is 0 Å². The summed E-state index contributed by atoms with van der Waals surface area (Å²) in [6.45, 7) is 4.91. The first-order valence-electron chi connectivity index (χ1n) is 6.85. The summed E-state index contributed by atoms with van der Waals surface area (Å²) in [6, 6.07) is 7.92. The van der Waals surface area contributed by atoms with E-state index in [0.29, 0.717) is 12.2 Å². The number of benzene rings is 1. The first-order valence-corrected chi connectivity index (χ1v) is 6.85. The van der Waals surface area contributed by atoms with E-state index in [0.717, 1.165) is 23.1 Å². The third-order valence-corrected chi connectivity index (χ3v) is 3.46. The van der Waals surface area contributed by atoms with Gasteiger partial charge in [-0.15, -0.1) is 0 Å². The Morgan fingerprint density at radius 2 is 2.20 bits per heavy atom. The highest BCUT2D eigenvalue weighted by molar-refractivity contribution is 5.78. The van der Waals surface area contributed by atoms with Crippen LogP contribution in [0, 0.1) is 6.92 Å². The Labute approximate surface area is 117 Å². The topological polar surface area (TPSA) is 51.2 Å². The lowest BCUT2D eigenvalue weighted by molar-refractivity contribution is 0.152. The Morgan fingerprint density at radius 1 is 1.35 bits per heavy atom. The Hall–Kier alpha value is -2.07. The zero-order chi connectivity index (χ0) is 14.1. The molecule has 2 aromatic heterocycles. The molecule has 104 valence electrons. The van der Waals surface area contributed by atoms with Gasteiger partial charge in [-0.2, -0.15) is 5.10 Å². The molecule has 1 aromatic carbocycles. The predicted octanol–water partition coefficient (Wildman–Crippen LogP) is 3.23. The highest BCUT2D eigenvalue weighted by atomic mass is 16.4. The van der Waals surface area contributed by atoms with Crippen molar-refractivity contribution in [3.63, 3.8) is 0 Å². The van der Waals surface area contributed by atoms with Gasteiger partial charge < -0.3 is 9.52 Å². The van der Waals surface area contributed by atoms with E-state index in [1.54, 1.807) is 6.20 Å². The Bertz CT molecular complexity index is 727. The zero-order valence-corrected chi connectivity index (χ0v) is 11.7. The maximum Gasteiger partial charge on any atom is 0.134 e. The molecule has 1 atom stereocenters. The molecule has 0 amide bonds. The normalized spacial score (nSPS) is 12.9. The second-order valence-corrected chi connectivity index (χ2v) is 5.11. The SMILES string of the molecule is CCn1cc(CC(O)c2cc3cc(C)ccc3o2)cn1. The van der Waals surface area contributed by atoms with Crippen molar-refractivity contribution in [2.75, 3.05) is 0 Å². The summed E-state index contributed by atoms with van der Waals surface area (Å²) in [5.41, 5.74) is 3.01. The minimum atomic E-state index is -0.641. The monoisotopic (exact) mass is 270 g/mol. The van der Waals surface area contributed by atoms with E-state index < -0.39 is 6.10 Å². The fourth-order valence-electron chi connectivity index (χ4n) is 2.36. The van der Waals surface area contributed by atoms with Crippen molar-refractivity contribution in [3.05, 3.63) is 53.5 Å². The van der Waals surface area contributed by atoms with Crippen LogP contribution in [0.25, 0.3) is 11.0 Å². The van der Waals surface area contributed by atoms with Gasteiger partial charge in [0.25, 0.3) is 0 Å². The molecule has 0 saturated heterocycles. The molecule has 0 fully saturated rings. The van der Waals surface area contributed by atoms with Gasteiger partial charge in [0.2, 0.25) is 0 Å². The highest BCUT2D eigenvalue weighted by Gasteiger charge is 2.15. The lowest BCUT2D eigenvalue weighted by atomic mass is 10.1. The third kappa shape index (κ3) is 2.47. The molecule has 3 aromatic rings. The molecule has 0 bridgehead atoms. The Balaban J connectivity index is 1.82. The van der Waals surface area contributed by atoms with Crippen LogP contribution >= 0.6 is 0 Å². The molecule has 3 rings (SSSR count). The number of furan rings is 1. The predicted molar refractivity (Wildman–Crippen MR) is 77.5 cm³/mol. The van der Waals surface area contributed by atoms with Gasteiger partial charge in [0.1, 0.15) is 17.4 Å². The van der Waals surface area contributed by atoms with Crippen LogP contribution in [0.2, 0.25) is 0 Å². The van der Waals surface area contributed by atoms with Gasteiger partial charge in [-0.25, -0.2) is 0 Å². The lowest BCUT2D eigenvalue weighted by Crippen LogP contribution is -1.99. The Morgan fingerprint density at radius 3 is 2.95 bits per heavy atom. The van der Waals surface area contributed by atoms with Crippen LogP contribution in [-0.4, -0.2) is 14.9 Å². The fourth-order valence-corrected chi connectivity index (χ4v) is 2.36. The van der Waals surface area contributed by atoms with Crippen LogP contribution < -0.4 is 0 Å². The molecule has 4 nitrogen and oxygen atoms in total. The average Bonchev–Trinajstić information content (AvgIpc) is 3.04. The summed E-state index contributed by atoms with van der Waals surface area (Å²) in [5.74, 6) is 0.606. The molecule has 1 unspecified atom stereocenters. The number of aryl methyl sites for hydroxylation is 2. The van der Waals surface area contributed by atoms with Crippen molar-refractivity contribution >= 4 is 11.0 Å². The number of fused-ring (bicyclic) bond motifs is 1. The molecule has 1 N–H and O–H groups in total. The van der Waals surface area contributed by atoms with Crippen molar-refractivity contribution in [2.24, 2.45) is 0 Å². The molecule has 0 saturated carbocycles. The maximum atomic E-state index is 10.3. The number of hydrogen-bond acceptors (Lipinski definition) is 3. The number of aliphatic hydroxyl groups is 1. The molecule has 20 heavy (non-hydrogen) atoms. The van der Waals surface area contributed by atoms with Crippen LogP contribution in [0.1, 0.15) is 29.9 Å². The van der Waals surface area contributed by atoms with Crippen molar-refractivity contribution in [1.29, 1.82) is 0 Å². The number of aliphatic hydroxyl groups excluding tert-OH is 1. The second-order valence-electron chi connectivity index (χ2n) is 5.11. The summed E-state index contributed by atoms with van der Waals surface area (Å²) in [4.78, 5) is 0. The first kappa shape index (κ1) is 12.9. The molecule has 0 aliphatic rings. The molecule has 0 aliphatic carbocycles. The van der Waals surface area contributed by atoms with Gasteiger partial charge in [0, 0.05) is 24.5 Å². The number of hydrogen-bond donors (Lipinski definition) is 1. The van der Waals surface area contributed by atoms with Gasteiger partial charge in [-0.05, 0) is 37.6 Å². The molecule has 0 radical (unpaired) electrons. The summed E-state index contributed by atoms with van der Waals surface area (Å²) < 4.78 is 7.56. The maximum absolute atomic E-state index is 10.3. The highest BCUT2D eigenvalue weighted by Crippen LogP contribution is 2.26. The zero-order valence-electron chi connectivity index (χ0n) is 11.7. The molecule has 0 aliphatic heterocycles. The summed E-state index contributed by atoms with van der Waals surface area (Å²) in [5, 5.41) is 15.5. The summed E-state index contributed by atoms with van der Waals surface area (Å²) >= 11 is 0. The van der Waals surface area contributed by atoms with Crippen LogP contribution in [0.5, 0.6) is 0 Å². The van der Waals surface area contributed by atoms with Crippen molar-refractivity contribution < 1.29 is 9.52 Å². The van der Waals surface area contributed by atoms with Gasteiger partial charge in [-0.3, -0.25) is 4.68 Å². The molecule has 0 spiro atoms. The van der Waals surface area contributed by atoms with Crippen molar-refractivity contribution in [2.45, 2.75) is 32.9 Å². The van der Waals surface area contributed by atoms with Crippen molar-refractivity contribution in [1.82, 2.24) is 9.78 Å². The largest absolute Gasteiger partial charge is 0.458 e. The summed E-state index contributed by atoms with van der Waals surface area (Å²) in [7, 11) is 0. The quantitative estimate of drug-likeness (QED) is 0.791. The van der Waals surface area contributed by atoms with E-state index in [2.05, 4.69) is 11.2 Å². The minimum absolute atomic E-state index is 0.513. The lowest BCUT2D eigenvalue weighted by Gasteiger charge is -2.04.